The van der Waals surface area contributed by atoms with E-state index in [4.69, 9.17) is 0 Å². The van der Waals surface area contributed by atoms with Gasteiger partial charge in [-0.15, -0.1) is 11.8 Å². The third-order valence-electron chi connectivity index (χ3n) is 7.17. The van der Waals surface area contributed by atoms with Crippen LogP contribution in [0.2, 0.25) is 0 Å². The number of aromatic amines is 1. The SMILES string of the molecule is c1cc2c3c(c1)C1CN(CCCc4c[nH]c5ccccc45)CCC1N3CCCS2. The highest BCUT2D eigenvalue weighted by molar-refractivity contribution is 7.99. The highest BCUT2D eigenvalue weighted by atomic mass is 32.2. The molecule has 3 nitrogen and oxygen atoms in total. The summed E-state index contributed by atoms with van der Waals surface area (Å²) in [7, 11) is 0. The monoisotopic (exact) mass is 403 g/mol. The topological polar surface area (TPSA) is 22.3 Å². The van der Waals surface area contributed by atoms with Gasteiger partial charge in [-0.1, -0.05) is 30.3 Å². The molecular formula is C25H29N3S. The fraction of sp³-hybridized carbons (Fsp3) is 0.440. The number of aromatic nitrogens is 1. The fourth-order valence-corrected chi connectivity index (χ4v) is 6.88. The minimum Gasteiger partial charge on any atom is -0.367 e. The Bertz CT molecular complexity index is 1030. The number of nitrogens with one attached hydrogen (secondary N) is 1. The van der Waals surface area contributed by atoms with Crippen molar-refractivity contribution in [2.24, 2.45) is 0 Å². The zero-order chi connectivity index (χ0) is 19.2. The number of aryl methyl sites for hydroxylation is 1. The number of likely N-dealkylation sites (tertiary alicyclic amines) is 1. The molecule has 3 aromatic rings. The van der Waals surface area contributed by atoms with Crippen LogP contribution in [0.1, 0.15) is 36.3 Å². The molecule has 4 heterocycles. The van der Waals surface area contributed by atoms with E-state index in [0.717, 1.165) is 12.5 Å². The maximum atomic E-state index is 3.42. The normalized spacial score (nSPS) is 23.8. The number of rotatable bonds is 4. The summed E-state index contributed by atoms with van der Waals surface area (Å²) in [6, 6.07) is 16.5. The molecule has 1 aromatic heterocycles. The van der Waals surface area contributed by atoms with Gasteiger partial charge in [0.05, 0.1) is 5.69 Å². The molecule has 4 heteroatoms. The summed E-state index contributed by atoms with van der Waals surface area (Å²) in [5, 5.41) is 1.39. The largest absolute Gasteiger partial charge is 0.367 e. The lowest BCUT2D eigenvalue weighted by molar-refractivity contribution is 0.191. The highest BCUT2D eigenvalue weighted by Crippen LogP contribution is 2.50. The van der Waals surface area contributed by atoms with E-state index < -0.39 is 0 Å². The first-order valence-corrected chi connectivity index (χ1v) is 12.2. The van der Waals surface area contributed by atoms with E-state index in [-0.39, 0.29) is 0 Å². The summed E-state index contributed by atoms with van der Waals surface area (Å²) in [6.45, 7) is 4.95. The van der Waals surface area contributed by atoms with E-state index in [2.05, 4.69) is 75.2 Å². The molecule has 0 aliphatic carbocycles. The van der Waals surface area contributed by atoms with Crippen LogP contribution in [0.5, 0.6) is 0 Å². The predicted molar refractivity (Wildman–Crippen MR) is 123 cm³/mol. The minimum atomic E-state index is 0.700. The van der Waals surface area contributed by atoms with Crippen LogP contribution in [0.4, 0.5) is 5.69 Å². The Labute approximate surface area is 177 Å². The van der Waals surface area contributed by atoms with Crippen molar-refractivity contribution in [1.82, 2.24) is 9.88 Å². The molecule has 0 bridgehead atoms. The molecule has 3 aliphatic rings. The van der Waals surface area contributed by atoms with Crippen molar-refractivity contribution in [2.45, 2.75) is 42.5 Å². The van der Waals surface area contributed by atoms with E-state index in [1.54, 1.807) is 11.3 Å². The van der Waals surface area contributed by atoms with Crippen LogP contribution in [0.15, 0.2) is 53.6 Å². The average molecular weight is 404 g/mol. The second kappa shape index (κ2) is 7.41. The molecule has 0 saturated carbocycles. The number of thioether (sulfide) groups is 1. The van der Waals surface area contributed by atoms with Crippen LogP contribution in [0, 0.1) is 0 Å². The van der Waals surface area contributed by atoms with E-state index >= 15 is 0 Å². The molecule has 0 radical (unpaired) electrons. The van der Waals surface area contributed by atoms with Gasteiger partial charge in [-0.2, -0.15) is 0 Å². The molecule has 2 unspecified atom stereocenters. The quantitative estimate of drug-likeness (QED) is 0.641. The third kappa shape index (κ3) is 3.08. The van der Waals surface area contributed by atoms with Gasteiger partial charge in [0.1, 0.15) is 0 Å². The molecule has 2 aromatic carbocycles. The van der Waals surface area contributed by atoms with Crippen LogP contribution in [-0.2, 0) is 6.42 Å². The summed E-state index contributed by atoms with van der Waals surface area (Å²) in [6.07, 6.45) is 7.25. The van der Waals surface area contributed by atoms with Gasteiger partial charge in [0, 0.05) is 53.6 Å². The Hall–Kier alpha value is -1.91. The number of fused-ring (bicyclic) bond motifs is 4. The number of piperidine rings is 1. The number of H-pyrrole nitrogens is 1. The lowest BCUT2D eigenvalue weighted by atomic mass is 9.89. The minimum absolute atomic E-state index is 0.700. The maximum Gasteiger partial charge on any atom is 0.0543 e. The van der Waals surface area contributed by atoms with Crippen molar-refractivity contribution in [3.8, 4) is 0 Å². The molecule has 1 saturated heterocycles. The van der Waals surface area contributed by atoms with E-state index in [0.29, 0.717) is 5.92 Å². The van der Waals surface area contributed by atoms with E-state index in [1.165, 1.54) is 72.6 Å². The number of hydrogen-bond acceptors (Lipinski definition) is 3. The zero-order valence-electron chi connectivity index (χ0n) is 16.9. The van der Waals surface area contributed by atoms with Gasteiger partial charge < -0.3 is 14.8 Å². The van der Waals surface area contributed by atoms with Crippen molar-refractivity contribution in [3.63, 3.8) is 0 Å². The number of benzene rings is 2. The zero-order valence-corrected chi connectivity index (χ0v) is 17.8. The van der Waals surface area contributed by atoms with Gasteiger partial charge in [0.15, 0.2) is 0 Å². The van der Waals surface area contributed by atoms with Gasteiger partial charge in [0.2, 0.25) is 0 Å². The van der Waals surface area contributed by atoms with Crippen molar-refractivity contribution in [3.05, 3.63) is 59.8 Å². The average Bonchev–Trinajstić information content (AvgIpc) is 3.22. The van der Waals surface area contributed by atoms with Gasteiger partial charge in [-0.3, -0.25) is 0 Å². The van der Waals surface area contributed by atoms with Crippen LogP contribution < -0.4 is 4.90 Å². The van der Waals surface area contributed by atoms with Crippen molar-refractivity contribution in [2.75, 3.05) is 36.8 Å². The van der Waals surface area contributed by atoms with Gasteiger partial charge in [-0.05, 0) is 61.2 Å². The smallest absolute Gasteiger partial charge is 0.0543 e. The molecular weight excluding hydrogens is 374 g/mol. The van der Waals surface area contributed by atoms with Gasteiger partial charge >= 0.3 is 0 Å². The second-order valence-corrected chi connectivity index (χ2v) is 9.95. The standard InChI is InChI=1S/C25H29N3S/c1-2-9-22-19(7-1)18(16-26-22)6-4-12-27-14-11-23-21(17-27)20-8-3-10-24-25(20)28(23)13-5-15-29-24/h1-3,7-10,16,21,23,26H,4-6,11-15,17H2. The molecule has 2 atom stereocenters. The molecule has 0 amide bonds. The first-order chi connectivity index (χ1) is 14.4. The molecule has 1 N–H and O–H groups in total. The first kappa shape index (κ1) is 17.9. The number of nitrogens with zero attached hydrogens (tertiary/aromatic N) is 2. The second-order valence-electron chi connectivity index (χ2n) is 8.82. The van der Waals surface area contributed by atoms with Gasteiger partial charge in [0.25, 0.3) is 0 Å². The lowest BCUT2D eigenvalue weighted by Crippen LogP contribution is -2.46. The maximum absolute atomic E-state index is 3.42. The highest BCUT2D eigenvalue weighted by Gasteiger charge is 2.43. The molecule has 29 heavy (non-hydrogen) atoms. The Balaban J connectivity index is 1.15. The Morgan fingerprint density at radius 3 is 3.03 bits per heavy atom. The molecule has 3 aliphatic heterocycles. The summed E-state index contributed by atoms with van der Waals surface area (Å²) in [5.74, 6) is 1.97. The Morgan fingerprint density at radius 2 is 2.03 bits per heavy atom. The number of anilines is 1. The number of hydrogen-bond donors (Lipinski definition) is 1. The van der Waals surface area contributed by atoms with Gasteiger partial charge in [-0.25, -0.2) is 0 Å². The van der Waals surface area contributed by atoms with Crippen LogP contribution >= 0.6 is 11.8 Å². The lowest BCUT2D eigenvalue weighted by Gasteiger charge is -2.39. The Morgan fingerprint density at radius 1 is 1.07 bits per heavy atom. The van der Waals surface area contributed by atoms with Crippen LogP contribution in [0.25, 0.3) is 10.9 Å². The molecule has 6 rings (SSSR count). The van der Waals surface area contributed by atoms with Crippen LogP contribution in [-0.4, -0.2) is 47.9 Å². The van der Waals surface area contributed by atoms with Crippen molar-refractivity contribution in [1.29, 1.82) is 0 Å². The summed E-state index contributed by atoms with van der Waals surface area (Å²) in [5.41, 5.74) is 5.95. The summed E-state index contributed by atoms with van der Waals surface area (Å²) < 4.78 is 0. The van der Waals surface area contributed by atoms with Crippen molar-refractivity contribution >= 4 is 28.4 Å². The summed E-state index contributed by atoms with van der Waals surface area (Å²) >= 11 is 2.07. The molecule has 0 spiro atoms. The van der Waals surface area contributed by atoms with Crippen LogP contribution in [0.3, 0.4) is 0 Å². The predicted octanol–water partition coefficient (Wildman–Crippen LogP) is 5.27. The molecule has 1 fully saturated rings. The molecule has 150 valence electrons. The van der Waals surface area contributed by atoms with Crippen molar-refractivity contribution < 1.29 is 0 Å². The van der Waals surface area contributed by atoms with E-state index in [9.17, 15) is 0 Å². The first-order valence-electron chi connectivity index (χ1n) is 11.2. The third-order valence-corrected chi connectivity index (χ3v) is 8.31. The van der Waals surface area contributed by atoms with E-state index in [1.807, 2.05) is 0 Å². The Kier molecular flexibility index (Phi) is 4.57. The fourth-order valence-electron chi connectivity index (χ4n) is 5.84. The number of para-hydroxylation sites is 2. The summed E-state index contributed by atoms with van der Waals surface area (Å²) in [4.78, 5) is 10.5.